The maximum Gasteiger partial charge on any atom is 0.263 e. The van der Waals surface area contributed by atoms with Gasteiger partial charge in [-0.25, -0.2) is 8.42 Å². The molecule has 2 aliphatic heterocycles. The van der Waals surface area contributed by atoms with Gasteiger partial charge in [0.1, 0.15) is 5.84 Å². The molecule has 1 aromatic rings. The summed E-state index contributed by atoms with van der Waals surface area (Å²) in [6.07, 6.45) is 3.53. The summed E-state index contributed by atoms with van der Waals surface area (Å²) in [5.74, 6) is 0.475. The quantitative estimate of drug-likeness (QED) is 0.844. The molecule has 1 unspecified atom stereocenters. The molecule has 2 aliphatic rings. The van der Waals surface area contributed by atoms with E-state index in [0.717, 1.165) is 13.0 Å². The average molecular weight is 279 g/mol. The second kappa shape index (κ2) is 4.94. The maximum atomic E-state index is 11.9. The predicted octanol–water partition coefficient (Wildman–Crippen LogP) is 0.867. The number of hydrogen-bond donors (Lipinski definition) is 2. The minimum atomic E-state index is -3.41. The molecular weight excluding hydrogens is 262 g/mol. The smallest absolute Gasteiger partial charge is 0.263 e. The van der Waals surface area contributed by atoms with Crippen molar-refractivity contribution in [2.24, 2.45) is 4.99 Å². The van der Waals surface area contributed by atoms with Crippen LogP contribution in [-0.4, -0.2) is 33.4 Å². The first-order valence-electron chi connectivity index (χ1n) is 6.57. The Kier molecular flexibility index (Phi) is 3.28. The standard InChI is InChI=1S/C13H17N3O2S/c17-19(18)12-7-2-1-6-11(12)13(16-19)15-9-10-5-3-4-8-14-10/h1-2,6-7,10,14H,3-5,8-9H2,(H,15,16). The van der Waals surface area contributed by atoms with E-state index in [2.05, 4.69) is 15.0 Å². The van der Waals surface area contributed by atoms with Crippen molar-refractivity contribution in [1.29, 1.82) is 0 Å². The Balaban J connectivity index is 1.83. The monoisotopic (exact) mass is 279 g/mol. The molecule has 3 rings (SSSR count). The van der Waals surface area contributed by atoms with Gasteiger partial charge >= 0.3 is 0 Å². The van der Waals surface area contributed by atoms with Crippen molar-refractivity contribution in [1.82, 2.24) is 10.0 Å². The van der Waals surface area contributed by atoms with Gasteiger partial charge in [-0.3, -0.25) is 9.71 Å². The van der Waals surface area contributed by atoms with Crippen molar-refractivity contribution in [2.45, 2.75) is 30.2 Å². The third kappa shape index (κ3) is 2.50. The van der Waals surface area contributed by atoms with Gasteiger partial charge in [0.05, 0.1) is 11.4 Å². The van der Waals surface area contributed by atoms with Crippen LogP contribution in [0.25, 0.3) is 0 Å². The highest BCUT2D eigenvalue weighted by atomic mass is 32.2. The van der Waals surface area contributed by atoms with Crippen LogP contribution >= 0.6 is 0 Å². The number of aliphatic imine (C=N–C) groups is 1. The SMILES string of the molecule is O=S1(=O)NC(=NCC2CCCCN2)c2ccccc21. The lowest BCUT2D eigenvalue weighted by atomic mass is 10.1. The fourth-order valence-electron chi connectivity index (χ4n) is 2.53. The molecule has 2 heterocycles. The number of sulfonamides is 1. The van der Waals surface area contributed by atoms with Crippen molar-refractivity contribution in [3.63, 3.8) is 0 Å². The van der Waals surface area contributed by atoms with Crippen LogP contribution in [0.3, 0.4) is 0 Å². The third-order valence-electron chi connectivity index (χ3n) is 3.54. The molecule has 0 aromatic heterocycles. The fourth-order valence-corrected chi connectivity index (χ4v) is 3.78. The summed E-state index contributed by atoms with van der Waals surface area (Å²) in [7, 11) is -3.41. The highest BCUT2D eigenvalue weighted by Crippen LogP contribution is 2.22. The zero-order chi connectivity index (χ0) is 13.3. The van der Waals surface area contributed by atoms with Crippen LogP contribution in [-0.2, 0) is 10.0 Å². The molecule has 2 N–H and O–H groups in total. The Bertz CT molecular complexity index is 604. The van der Waals surface area contributed by atoms with E-state index in [1.807, 2.05) is 6.07 Å². The van der Waals surface area contributed by atoms with Gasteiger partial charge in [-0.15, -0.1) is 0 Å². The highest BCUT2D eigenvalue weighted by molar-refractivity contribution is 7.90. The lowest BCUT2D eigenvalue weighted by Crippen LogP contribution is -2.37. The summed E-state index contributed by atoms with van der Waals surface area (Å²) >= 11 is 0. The van der Waals surface area contributed by atoms with Gasteiger partial charge in [-0.05, 0) is 31.5 Å². The van der Waals surface area contributed by atoms with Crippen LogP contribution in [0, 0.1) is 0 Å². The van der Waals surface area contributed by atoms with Crippen LogP contribution in [0.4, 0.5) is 0 Å². The Hall–Kier alpha value is -1.40. The summed E-state index contributed by atoms with van der Waals surface area (Å²) in [5.41, 5.74) is 0.679. The van der Waals surface area contributed by atoms with Crippen molar-refractivity contribution in [3.8, 4) is 0 Å². The number of amidine groups is 1. The second-order valence-electron chi connectivity index (χ2n) is 4.94. The minimum Gasteiger partial charge on any atom is -0.312 e. The second-order valence-corrected chi connectivity index (χ2v) is 6.59. The number of nitrogens with one attached hydrogen (secondary N) is 2. The molecule has 0 amide bonds. The van der Waals surface area contributed by atoms with Gasteiger partial charge in [0.2, 0.25) is 0 Å². The van der Waals surface area contributed by atoms with Crippen LogP contribution in [0.1, 0.15) is 24.8 Å². The largest absolute Gasteiger partial charge is 0.312 e. The Morgan fingerprint density at radius 2 is 2.11 bits per heavy atom. The van der Waals surface area contributed by atoms with Crippen LogP contribution in [0.5, 0.6) is 0 Å². The molecule has 6 heteroatoms. The van der Waals surface area contributed by atoms with Crippen molar-refractivity contribution >= 4 is 15.9 Å². The van der Waals surface area contributed by atoms with Crippen LogP contribution in [0.15, 0.2) is 34.2 Å². The topological polar surface area (TPSA) is 70.6 Å². The minimum absolute atomic E-state index is 0.324. The van der Waals surface area contributed by atoms with Crippen molar-refractivity contribution < 1.29 is 8.42 Å². The number of piperidine rings is 1. The molecule has 5 nitrogen and oxygen atoms in total. The van der Waals surface area contributed by atoms with E-state index >= 15 is 0 Å². The number of rotatable bonds is 2. The van der Waals surface area contributed by atoms with E-state index in [4.69, 9.17) is 0 Å². The normalized spacial score (nSPS) is 26.9. The molecule has 1 saturated heterocycles. The van der Waals surface area contributed by atoms with E-state index in [0.29, 0.717) is 28.9 Å². The number of fused-ring (bicyclic) bond motifs is 1. The number of benzene rings is 1. The van der Waals surface area contributed by atoms with Gasteiger partial charge in [0, 0.05) is 11.6 Å². The first kappa shape index (κ1) is 12.6. The summed E-state index contributed by atoms with van der Waals surface area (Å²) in [6.45, 7) is 1.64. The van der Waals surface area contributed by atoms with Gasteiger partial charge in [0.15, 0.2) is 0 Å². The number of nitrogens with zero attached hydrogens (tertiary/aromatic N) is 1. The summed E-state index contributed by atoms with van der Waals surface area (Å²) in [6, 6.07) is 7.32. The number of hydrogen-bond acceptors (Lipinski definition) is 4. The lowest BCUT2D eigenvalue weighted by molar-refractivity contribution is 0.408. The van der Waals surface area contributed by atoms with Crippen LogP contribution < -0.4 is 10.0 Å². The van der Waals surface area contributed by atoms with Crippen molar-refractivity contribution in [2.75, 3.05) is 13.1 Å². The molecule has 0 spiro atoms. The molecule has 0 bridgehead atoms. The predicted molar refractivity (Wildman–Crippen MR) is 73.8 cm³/mol. The molecule has 0 aliphatic carbocycles. The summed E-state index contributed by atoms with van der Waals surface area (Å²) < 4.78 is 26.3. The zero-order valence-electron chi connectivity index (χ0n) is 10.6. The first-order valence-corrected chi connectivity index (χ1v) is 8.05. The molecule has 1 atom stereocenters. The average Bonchev–Trinajstić information content (AvgIpc) is 2.70. The van der Waals surface area contributed by atoms with Crippen LogP contribution in [0.2, 0.25) is 0 Å². The van der Waals surface area contributed by atoms with E-state index in [1.54, 1.807) is 18.2 Å². The lowest BCUT2D eigenvalue weighted by Gasteiger charge is -2.21. The van der Waals surface area contributed by atoms with Gasteiger partial charge in [0.25, 0.3) is 10.0 Å². The highest BCUT2D eigenvalue weighted by Gasteiger charge is 2.30. The Morgan fingerprint density at radius 1 is 1.26 bits per heavy atom. The van der Waals surface area contributed by atoms with Crippen molar-refractivity contribution in [3.05, 3.63) is 29.8 Å². The van der Waals surface area contributed by atoms with Gasteiger partial charge in [-0.2, -0.15) is 0 Å². The molecule has 0 radical (unpaired) electrons. The molecule has 102 valence electrons. The van der Waals surface area contributed by atoms with E-state index < -0.39 is 10.0 Å². The molecule has 0 saturated carbocycles. The van der Waals surface area contributed by atoms with Gasteiger partial charge < -0.3 is 5.32 Å². The van der Waals surface area contributed by atoms with E-state index in [1.165, 1.54) is 12.8 Å². The zero-order valence-corrected chi connectivity index (χ0v) is 11.4. The summed E-state index contributed by atoms with van der Waals surface area (Å²) in [5, 5.41) is 3.40. The Labute approximate surface area is 113 Å². The molecule has 1 aromatic carbocycles. The maximum absolute atomic E-state index is 11.9. The van der Waals surface area contributed by atoms with Gasteiger partial charge in [-0.1, -0.05) is 18.6 Å². The Morgan fingerprint density at radius 3 is 2.89 bits per heavy atom. The van der Waals surface area contributed by atoms with E-state index in [-0.39, 0.29) is 0 Å². The fraction of sp³-hybridized carbons (Fsp3) is 0.462. The molecular formula is C13H17N3O2S. The summed E-state index contributed by atoms with van der Waals surface area (Å²) in [4.78, 5) is 4.77. The molecule has 19 heavy (non-hydrogen) atoms. The third-order valence-corrected chi connectivity index (χ3v) is 4.94. The van der Waals surface area contributed by atoms with E-state index in [9.17, 15) is 8.42 Å². The molecule has 1 fully saturated rings. The first-order chi connectivity index (χ1) is 9.17.